The Hall–Kier alpha value is -2.99. The summed E-state index contributed by atoms with van der Waals surface area (Å²) < 4.78 is 7.86. The summed E-state index contributed by atoms with van der Waals surface area (Å²) in [5.74, 6) is -0.409. The summed E-state index contributed by atoms with van der Waals surface area (Å²) in [4.78, 5) is 29.4. The van der Waals surface area contributed by atoms with Gasteiger partial charge < -0.3 is 4.74 Å². The van der Waals surface area contributed by atoms with Crippen LogP contribution in [0.3, 0.4) is 0 Å². The van der Waals surface area contributed by atoms with Crippen molar-refractivity contribution in [2.45, 2.75) is 13.5 Å². The van der Waals surface area contributed by atoms with Crippen LogP contribution in [-0.2, 0) is 11.3 Å². The molecule has 0 atom stereocenters. The van der Waals surface area contributed by atoms with Crippen LogP contribution < -0.4 is 5.56 Å². The summed E-state index contributed by atoms with van der Waals surface area (Å²) in [6.45, 7) is 1.85. The molecule has 0 saturated carbocycles. The van der Waals surface area contributed by atoms with Gasteiger partial charge in [-0.2, -0.15) is 0 Å². The molecule has 0 spiro atoms. The van der Waals surface area contributed by atoms with Crippen molar-refractivity contribution < 1.29 is 9.53 Å². The first-order valence-corrected chi connectivity index (χ1v) is 8.57. The van der Waals surface area contributed by atoms with Crippen LogP contribution in [0.25, 0.3) is 15.7 Å². The number of aryl methyl sites for hydroxylation is 1. The zero-order chi connectivity index (χ0) is 17.4. The lowest BCUT2D eigenvalue weighted by atomic mass is 10.2. The van der Waals surface area contributed by atoms with Gasteiger partial charge in [-0.25, -0.2) is 9.78 Å². The monoisotopic (exact) mass is 350 g/mol. The molecular weight excluding hydrogens is 336 g/mol. The number of nitrogens with zero attached hydrogens (tertiary/aromatic N) is 2. The molecule has 6 heteroatoms. The zero-order valence-corrected chi connectivity index (χ0v) is 14.2. The first-order chi connectivity index (χ1) is 12.1. The summed E-state index contributed by atoms with van der Waals surface area (Å²) in [7, 11) is 0. The standard InChI is InChI=1S/C19H14N2O3S/c1-12-5-4-8-21-17(22)10-14(20-18(12)21)11-24-19(23)16-9-13-6-2-3-7-15(13)25-16/h2-10H,11H2,1H3. The number of thiophene rings is 1. The molecule has 3 heterocycles. The second kappa shape index (κ2) is 6.14. The Balaban J connectivity index is 1.58. The van der Waals surface area contributed by atoms with E-state index in [1.165, 1.54) is 21.8 Å². The fraction of sp³-hybridized carbons (Fsp3) is 0.105. The third-order valence-corrected chi connectivity index (χ3v) is 5.01. The molecule has 3 aromatic heterocycles. The first kappa shape index (κ1) is 15.5. The van der Waals surface area contributed by atoms with Gasteiger partial charge >= 0.3 is 5.97 Å². The number of benzene rings is 1. The van der Waals surface area contributed by atoms with Gasteiger partial charge in [-0.05, 0) is 36.1 Å². The molecule has 0 aliphatic carbocycles. The molecule has 4 aromatic rings. The summed E-state index contributed by atoms with van der Waals surface area (Å²) in [5.41, 5.74) is 1.70. The molecular formula is C19H14N2O3S. The lowest BCUT2D eigenvalue weighted by Gasteiger charge is -2.06. The van der Waals surface area contributed by atoms with Crippen LogP contribution in [0, 0.1) is 6.92 Å². The summed E-state index contributed by atoms with van der Waals surface area (Å²) in [6.07, 6.45) is 1.67. The number of ether oxygens (including phenoxy) is 1. The van der Waals surface area contributed by atoms with Crippen LogP contribution in [0.2, 0.25) is 0 Å². The van der Waals surface area contributed by atoms with Crippen molar-refractivity contribution in [1.29, 1.82) is 0 Å². The van der Waals surface area contributed by atoms with E-state index in [1.807, 2.05) is 43.3 Å². The first-order valence-electron chi connectivity index (χ1n) is 7.75. The van der Waals surface area contributed by atoms with Crippen molar-refractivity contribution in [3.8, 4) is 0 Å². The second-order valence-electron chi connectivity index (χ2n) is 5.70. The number of rotatable bonds is 3. The maximum absolute atomic E-state index is 12.3. The van der Waals surface area contributed by atoms with Crippen molar-refractivity contribution >= 4 is 33.0 Å². The van der Waals surface area contributed by atoms with Crippen LogP contribution in [0.4, 0.5) is 0 Å². The number of carbonyl (C=O) groups is 1. The van der Waals surface area contributed by atoms with E-state index in [-0.39, 0.29) is 12.2 Å². The minimum Gasteiger partial charge on any atom is -0.455 e. The maximum Gasteiger partial charge on any atom is 0.348 e. The van der Waals surface area contributed by atoms with E-state index in [1.54, 1.807) is 12.3 Å². The maximum atomic E-state index is 12.3. The number of esters is 1. The van der Waals surface area contributed by atoms with Gasteiger partial charge in [0.15, 0.2) is 0 Å². The Kier molecular flexibility index (Phi) is 3.82. The number of carbonyl (C=O) groups excluding carboxylic acids is 1. The van der Waals surface area contributed by atoms with Gasteiger partial charge in [0.25, 0.3) is 5.56 Å². The van der Waals surface area contributed by atoms with Crippen LogP contribution >= 0.6 is 11.3 Å². The highest BCUT2D eigenvalue weighted by Crippen LogP contribution is 2.25. The van der Waals surface area contributed by atoms with E-state index in [0.29, 0.717) is 16.2 Å². The van der Waals surface area contributed by atoms with Crippen LogP contribution in [0.5, 0.6) is 0 Å². The number of pyridine rings is 1. The third kappa shape index (κ3) is 2.92. The molecule has 5 nitrogen and oxygen atoms in total. The number of fused-ring (bicyclic) bond motifs is 2. The summed E-state index contributed by atoms with van der Waals surface area (Å²) >= 11 is 1.39. The molecule has 0 aliphatic heterocycles. The van der Waals surface area contributed by atoms with Gasteiger partial charge in [0, 0.05) is 17.0 Å². The fourth-order valence-corrected chi connectivity index (χ4v) is 3.63. The predicted molar refractivity (Wildman–Crippen MR) is 97.1 cm³/mol. The van der Waals surface area contributed by atoms with Crippen molar-refractivity contribution in [1.82, 2.24) is 9.38 Å². The van der Waals surface area contributed by atoms with Crippen molar-refractivity contribution in [3.63, 3.8) is 0 Å². The largest absolute Gasteiger partial charge is 0.455 e. The highest BCUT2D eigenvalue weighted by molar-refractivity contribution is 7.20. The van der Waals surface area contributed by atoms with E-state index >= 15 is 0 Å². The van der Waals surface area contributed by atoms with E-state index in [0.717, 1.165) is 15.6 Å². The van der Waals surface area contributed by atoms with Gasteiger partial charge in [0.05, 0.1) is 5.69 Å². The van der Waals surface area contributed by atoms with Gasteiger partial charge in [-0.15, -0.1) is 11.3 Å². The minimum absolute atomic E-state index is 0.0346. The average Bonchev–Trinajstić information content (AvgIpc) is 3.05. The fourth-order valence-electron chi connectivity index (χ4n) is 2.68. The molecule has 25 heavy (non-hydrogen) atoms. The van der Waals surface area contributed by atoms with Crippen LogP contribution in [-0.4, -0.2) is 15.4 Å². The predicted octanol–water partition coefficient (Wildman–Crippen LogP) is 3.57. The number of hydrogen-bond acceptors (Lipinski definition) is 5. The number of aromatic nitrogens is 2. The molecule has 4 rings (SSSR count). The second-order valence-corrected chi connectivity index (χ2v) is 6.78. The van der Waals surface area contributed by atoms with E-state index in [4.69, 9.17) is 4.74 Å². The zero-order valence-electron chi connectivity index (χ0n) is 13.4. The molecule has 0 radical (unpaired) electrons. The SMILES string of the molecule is Cc1cccn2c(=O)cc(COC(=O)c3cc4ccccc4s3)nc12. The lowest BCUT2D eigenvalue weighted by molar-refractivity contribution is 0.0473. The van der Waals surface area contributed by atoms with E-state index in [9.17, 15) is 9.59 Å². The van der Waals surface area contributed by atoms with Gasteiger partial charge in [0.2, 0.25) is 0 Å². The minimum atomic E-state index is -0.409. The molecule has 1 aromatic carbocycles. The highest BCUT2D eigenvalue weighted by Gasteiger charge is 2.13. The lowest BCUT2D eigenvalue weighted by Crippen LogP contribution is -2.17. The normalized spacial score (nSPS) is 11.1. The van der Waals surface area contributed by atoms with Gasteiger partial charge in [-0.3, -0.25) is 9.20 Å². The molecule has 0 amide bonds. The Morgan fingerprint density at radius 1 is 1.20 bits per heavy atom. The van der Waals surface area contributed by atoms with Crippen molar-refractivity contribution in [3.05, 3.63) is 81.2 Å². The Bertz CT molecular complexity index is 1130. The third-order valence-electron chi connectivity index (χ3n) is 3.92. The quantitative estimate of drug-likeness (QED) is 0.530. The van der Waals surface area contributed by atoms with E-state index < -0.39 is 5.97 Å². The number of hydrogen-bond donors (Lipinski definition) is 0. The van der Waals surface area contributed by atoms with Gasteiger partial charge in [-0.1, -0.05) is 24.3 Å². The van der Waals surface area contributed by atoms with Crippen molar-refractivity contribution in [2.24, 2.45) is 0 Å². The van der Waals surface area contributed by atoms with Crippen LogP contribution in [0.1, 0.15) is 20.9 Å². The van der Waals surface area contributed by atoms with Gasteiger partial charge in [0.1, 0.15) is 17.1 Å². The Morgan fingerprint density at radius 2 is 2.04 bits per heavy atom. The molecule has 0 bridgehead atoms. The Labute approximate surface area is 147 Å². The van der Waals surface area contributed by atoms with Crippen molar-refractivity contribution in [2.75, 3.05) is 0 Å². The topological polar surface area (TPSA) is 60.7 Å². The molecule has 0 fully saturated rings. The summed E-state index contributed by atoms with van der Waals surface area (Å²) in [6, 6.07) is 14.7. The molecule has 0 aliphatic rings. The molecule has 0 saturated heterocycles. The average molecular weight is 350 g/mol. The summed E-state index contributed by atoms with van der Waals surface area (Å²) in [5, 5.41) is 1.01. The molecule has 124 valence electrons. The van der Waals surface area contributed by atoms with E-state index in [2.05, 4.69) is 4.98 Å². The molecule has 0 N–H and O–H groups in total. The van der Waals surface area contributed by atoms with Crippen LogP contribution in [0.15, 0.2) is 59.5 Å². The smallest absolute Gasteiger partial charge is 0.348 e. The molecule has 0 unspecified atom stereocenters. The Morgan fingerprint density at radius 3 is 2.88 bits per heavy atom. The highest BCUT2D eigenvalue weighted by atomic mass is 32.1.